The third-order valence-corrected chi connectivity index (χ3v) is 6.37. The van der Waals surface area contributed by atoms with E-state index in [0.29, 0.717) is 18.9 Å². The summed E-state index contributed by atoms with van der Waals surface area (Å²) in [6.45, 7) is 1.12. The molecular weight excluding hydrogens is 394 g/mol. The Bertz CT molecular complexity index is 1030. The van der Waals surface area contributed by atoms with Crippen molar-refractivity contribution in [3.8, 4) is 6.07 Å². The summed E-state index contributed by atoms with van der Waals surface area (Å²) in [5.41, 5.74) is -0.162. The first kappa shape index (κ1) is 19.0. The average molecular weight is 408 g/mol. The fraction of sp³-hybridized carbons (Fsp3) is 0.250. The molecule has 27 heavy (non-hydrogen) atoms. The standard InChI is InChI=1S/C16H14ClN5O4S/c17-14-4-5-16(19-15(14)11-18)20-6-8-21(9-7-20)27(25,26)13-3-1-2-12(10-13)22(23)24/h1-5,10H,6-9H2. The Morgan fingerprint density at radius 1 is 1.19 bits per heavy atom. The topological polar surface area (TPSA) is 120 Å². The van der Waals surface area contributed by atoms with Crippen LogP contribution >= 0.6 is 11.6 Å². The van der Waals surface area contributed by atoms with Gasteiger partial charge in [-0.3, -0.25) is 10.1 Å². The number of non-ortho nitro benzene ring substituents is 1. The summed E-state index contributed by atoms with van der Waals surface area (Å²) in [4.78, 5) is 16.2. The fourth-order valence-corrected chi connectivity index (χ4v) is 4.36. The van der Waals surface area contributed by atoms with Gasteiger partial charge < -0.3 is 4.90 Å². The quantitative estimate of drug-likeness (QED) is 0.561. The summed E-state index contributed by atoms with van der Waals surface area (Å²) < 4.78 is 26.8. The minimum atomic E-state index is -3.83. The van der Waals surface area contributed by atoms with Crippen LogP contribution in [0.3, 0.4) is 0 Å². The molecule has 2 aromatic rings. The summed E-state index contributed by atoms with van der Waals surface area (Å²) in [7, 11) is -3.83. The molecule has 0 amide bonds. The highest BCUT2D eigenvalue weighted by Crippen LogP contribution is 2.24. The monoisotopic (exact) mass is 407 g/mol. The summed E-state index contributed by atoms with van der Waals surface area (Å²) >= 11 is 5.88. The van der Waals surface area contributed by atoms with Gasteiger partial charge in [0.05, 0.1) is 14.8 Å². The largest absolute Gasteiger partial charge is 0.354 e. The summed E-state index contributed by atoms with van der Waals surface area (Å²) in [6.07, 6.45) is 0. The number of nitrogens with zero attached hydrogens (tertiary/aromatic N) is 5. The van der Waals surface area contributed by atoms with E-state index in [1.54, 1.807) is 12.1 Å². The zero-order chi connectivity index (χ0) is 19.6. The van der Waals surface area contributed by atoms with Gasteiger partial charge in [-0.15, -0.1) is 0 Å². The van der Waals surface area contributed by atoms with Crippen LogP contribution in [0.1, 0.15) is 5.69 Å². The number of rotatable bonds is 4. The molecule has 9 nitrogen and oxygen atoms in total. The number of halogens is 1. The maximum atomic E-state index is 12.8. The van der Waals surface area contributed by atoms with E-state index in [-0.39, 0.29) is 34.4 Å². The predicted molar refractivity (Wildman–Crippen MR) is 98.0 cm³/mol. The van der Waals surface area contributed by atoms with E-state index in [2.05, 4.69) is 4.98 Å². The molecule has 0 bridgehead atoms. The molecule has 0 radical (unpaired) electrons. The van der Waals surface area contributed by atoms with Crippen molar-refractivity contribution in [1.29, 1.82) is 5.26 Å². The van der Waals surface area contributed by atoms with E-state index < -0.39 is 14.9 Å². The third kappa shape index (κ3) is 3.85. The van der Waals surface area contributed by atoms with Crippen molar-refractivity contribution in [2.24, 2.45) is 0 Å². The van der Waals surface area contributed by atoms with Gasteiger partial charge in [-0.25, -0.2) is 13.4 Å². The molecule has 11 heteroatoms. The van der Waals surface area contributed by atoms with Gasteiger partial charge >= 0.3 is 0 Å². The van der Waals surface area contributed by atoms with Crippen LogP contribution in [0.5, 0.6) is 0 Å². The Hall–Kier alpha value is -2.74. The number of aromatic nitrogens is 1. The highest BCUT2D eigenvalue weighted by Gasteiger charge is 2.30. The van der Waals surface area contributed by atoms with Crippen molar-refractivity contribution >= 4 is 33.1 Å². The Morgan fingerprint density at radius 3 is 2.52 bits per heavy atom. The second-order valence-corrected chi connectivity index (χ2v) is 8.10. The SMILES string of the molecule is N#Cc1nc(N2CCN(S(=O)(=O)c3cccc([N+](=O)[O-])c3)CC2)ccc1Cl. The highest BCUT2D eigenvalue weighted by atomic mass is 35.5. The zero-order valence-corrected chi connectivity index (χ0v) is 15.5. The van der Waals surface area contributed by atoms with Gasteiger partial charge in [-0.05, 0) is 18.2 Å². The van der Waals surface area contributed by atoms with Crippen LogP contribution in [0.4, 0.5) is 11.5 Å². The van der Waals surface area contributed by atoms with Crippen LogP contribution < -0.4 is 4.90 Å². The van der Waals surface area contributed by atoms with Crippen molar-refractivity contribution in [3.63, 3.8) is 0 Å². The fourth-order valence-electron chi connectivity index (χ4n) is 2.75. The van der Waals surface area contributed by atoms with Crippen molar-refractivity contribution in [2.75, 3.05) is 31.1 Å². The molecule has 0 aliphatic carbocycles. The van der Waals surface area contributed by atoms with Crippen molar-refractivity contribution in [2.45, 2.75) is 4.90 Å². The summed E-state index contributed by atoms with van der Waals surface area (Å²) in [6, 6.07) is 10.2. The Labute approximate surface area is 160 Å². The van der Waals surface area contributed by atoms with Gasteiger partial charge in [0.25, 0.3) is 5.69 Å². The lowest BCUT2D eigenvalue weighted by molar-refractivity contribution is -0.385. The van der Waals surface area contributed by atoms with Crippen molar-refractivity contribution < 1.29 is 13.3 Å². The molecule has 0 atom stereocenters. The van der Waals surface area contributed by atoms with E-state index in [1.807, 2.05) is 11.0 Å². The molecule has 1 aromatic carbocycles. The van der Waals surface area contributed by atoms with E-state index in [4.69, 9.17) is 16.9 Å². The first-order valence-electron chi connectivity index (χ1n) is 7.89. The molecule has 3 rings (SSSR count). The number of pyridine rings is 1. The van der Waals surface area contributed by atoms with Gasteiger partial charge in [0.15, 0.2) is 5.69 Å². The third-order valence-electron chi connectivity index (χ3n) is 4.17. The van der Waals surface area contributed by atoms with Gasteiger partial charge in [0.1, 0.15) is 11.9 Å². The molecule has 0 spiro atoms. The second-order valence-electron chi connectivity index (χ2n) is 5.76. The first-order valence-corrected chi connectivity index (χ1v) is 9.71. The zero-order valence-electron chi connectivity index (χ0n) is 13.9. The molecule has 1 aliphatic rings. The molecule has 1 saturated heterocycles. The lowest BCUT2D eigenvalue weighted by atomic mass is 10.3. The summed E-state index contributed by atoms with van der Waals surface area (Å²) in [5.74, 6) is 0.545. The molecule has 1 fully saturated rings. The van der Waals surface area contributed by atoms with Gasteiger partial charge in [-0.2, -0.15) is 9.57 Å². The molecule has 2 heterocycles. The highest BCUT2D eigenvalue weighted by molar-refractivity contribution is 7.89. The normalized spacial score (nSPS) is 15.3. The van der Waals surface area contributed by atoms with Crippen molar-refractivity contribution in [3.05, 3.63) is 57.2 Å². The van der Waals surface area contributed by atoms with E-state index >= 15 is 0 Å². The Kier molecular flexibility index (Phi) is 5.27. The smallest absolute Gasteiger partial charge is 0.270 e. The van der Waals surface area contributed by atoms with E-state index in [1.165, 1.54) is 22.5 Å². The van der Waals surface area contributed by atoms with Gasteiger partial charge in [-0.1, -0.05) is 17.7 Å². The maximum Gasteiger partial charge on any atom is 0.270 e. The average Bonchev–Trinajstić information content (AvgIpc) is 2.68. The maximum absolute atomic E-state index is 12.8. The number of benzene rings is 1. The van der Waals surface area contributed by atoms with Crippen LogP contribution in [0.25, 0.3) is 0 Å². The van der Waals surface area contributed by atoms with Crippen LogP contribution in [0, 0.1) is 21.4 Å². The minimum absolute atomic E-state index is 0.110. The molecule has 1 aliphatic heterocycles. The lowest BCUT2D eigenvalue weighted by Gasteiger charge is -2.34. The molecule has 140 valence electrons. The summed E-state index contributed by atoms with van der Waals surface area (Å²) in [5, 5.41) is 20.2. The molecule has 0 N–H and O–H groups in total. The van der Waals surface area contributed by atoms with E-state index in [0.717, 1.165) is 6.07 Å². The molecule has 0 unspecified atom stereocenters. The first-order chi connectivity index (χ1) is 12.8. The number of hydrogen-bond donors (Lipinski definition) is 0. The number of piperazine rings is 1. The van der Waals surface area contributed by atoms with Gasteiger partial charge in [0, 0.05) is 38.3 Å². The minimum Gasteiger partial charge on any atom is -0.354 e. The van der Waals surface area contributed by atoms with Crippen LogP contribution in [0.2, 0.25) is 5.02 Å². The van der Waals surface area contributed by atoms with Gasteiger partial charge in [0.2, 0.25) is 10.0 Å². The number of hydrogen-bond acceptors (Lipinski definition) is 7. The number of nitro groups is 1. The Balaban J connectivity index is 1.76. The Morgan fingerprint density at radius 2 is 1.89 bits per heavy atom. The van der Waals surface area contributed by atoms with Crippen LogP contribution in [-0.2, 0) is 10.0 Å². The van der Waals surface area contributed by atoms with Crippen LogP contribution in [0.15, 0.2) is 41.3 Å². The van der Waals surface area contributed by atoms with E-state index in [9.17, 15) is 18.5 Å². The predicted octanol–water partition coefficient (Wildman–Crippen LogP) is 2.03. The number of nitriles is 1. The molecule has 1 aromatic heterocycles. The lowest BCUT2D eigenvalue weighted by Crippen LogP contribution is -2.48. The molecule has 0 saturated carbocycles. The number of nitro benzene ring substituents is 1. The van der Waals surface area contributed by atoms with Crippen LogP contribution in [-0.4, -0.2) is 48.8 Å². The number of sulfonamides is 1. The second kappa shape index (κ2) is 7.48. The number of anilines is 1. The van der Waals surface area contributed by atoms with Crippen molar-refractivity contribution in [1.82, 2.24) is 9.29 Å². The molecular formula is C16H14ClN5O4S.